The summed E-state index contributed by atoms with van der Waals surface area (Å²) in [7, 11) is 0. The second kappa shape index (κ2) is 5.18. The second-order valence-corrected chi connectivity index (χ2v) is 3.98. The average Bonchev–Trinajstić information content (AvgIpc) is 2.76. The van der Waals surface area contributed by atoms with Gasteiger partial charge < -0.3 is 5.43 Å². The molecule has 0 spiro atoms. The molecule has 17 heavy (non-hydrogen) atoms. The lowest BCUT2D eigenvalue weighted by molar-refractivity contribution is 0.882. The predicted octanol–water partition coefficient (Wildman–Crippen LogP) is 2.36. The van der Waals surface area contributed by atoms with Crippen molar-refractivity contribution in [3.63, 3.8) is 0 Å². The summed E-state index contributed by atoms with van der Waals surface area (Å²) in [6.45, 7) is 0. The standard InChI is InChI=1S/C10H9Cl2N5/c11-8-2-1-3-9(12)7(8)4-15-17-5-10(16-13)14-6-17/h1-6,16H,13H2/b15-4+. The molecule has 1 aromatic heterocycles. The van der Waals surface area contributed by atoms with Crippen molar-refractivity contribution in [1.82, 2.24) is 9.66 Å². The lowest BCUT2D eigenvalue weighted by atomic mass is 10.2. The summed E-state index contributed by atoms with van der Waals surface area (Å²) >= 11 is 12.0. The van der Waals surface area contributed by atoms with Crippen LogP contribution in [0.4, 0.5) is 5.82 Å². The van der Waals surface area contributed by atoms with E-state index in [1.165, 1.54) is 11.0 Å². The Hall–Kier alpha value is -1.56. The number of hydrogen-bond donors (Lipinski definition) is 2. The Morgan fingerprint density at radius 1 is 1.35 bits per heavy atom. The maximum Gasteiger partial charge on any atom is 0.160 e. The quantitative estimate of drug-likeness (QED) is 0.511. The van der Waals surface area contributed by atoms with Crippen LogP contribution in [-0.4, -0.2) is 15.9 Å². The Bertz CT molecular complexity index is 529. The number of anilines is 1. The Balaban J connectivity index is 2.25. The number of rotatable bonds is 3. The molecule has 7 heteroatoms. The monoisotopic (exact) mass is 269 g/mol. The van der Waals surface area contributed by atoms with Gasteiger partial charge in [-0.15, -0.1) is 0 Å². The maximum absolute atomic E-state index is 6.00. The molecule has 2 rings (SSSR count). The van der Waals surface area contributed by atoms with Crippen molar-refractivity contribution in [3.8, 4) is 0 Å². The van der Waals surface area contributed by atoms with E-state index in [4.69, 9.17) is 29.0 Å². The minimum Gasteiger partial charge on any atom is -0.307 e. The van der Waals surface area contributed by atoms with Gasteiger partial charge in [0.15, 0.2) is 5.82 Å². The second-order valence-electron chi connectivity index (χ2n) is 3.16. The highest BCUT2D eigenvalue weighted by Crippen LogP contribution is 2.22. The SMILES string of the molecule is NNc1cn(/N=C/c2c(Cl)cccc2Cl)cn1. The highest BCUT2D eigenvalue weighted by atomic mass is 35.5. The molecule has 0 aliphatic heterocycles. The lowest BCUT2D eigenvalue weighted by Crippen LogP contribution is -2.06. The topological polar surface area (TPSA) is 68.2 Å². The number of hydrazine groups is 1. The summed E-state index contributed by atoms with van der Waals surface area (Å²) < 4.78 is 1.49. The largest absolute Gasteiger partial charge is 0.307 e. The van der Waals surface area contributed by atoms with Gasteiger partial charge in [-0.05, 0) is 12.1 Å². The van der Waals surface area contributed by atoms with Crippen LogP contribution in [0.3, 0.4) is 0 Å². The number of nitrogens with zero attached hydrogens (tertiary/aromatic N) is 3. The van der Waals surface area contributed by atoms with Crippen LogP contribution in [0.25, 0.3) is 0 Å². The predicted molar refractivity (Wildman–Crippen MR) is 69.5 cm³/mol. The number of benzene rings is 1. The van der Waals surface area contributed by atoms with Crippen molar-refractivity contribution in [1.29, 1.82) is 0 Å². The van der Waals surface area contributed by atoms with Gasteiger partial charge in [-0.1, -0.05) is 29.3 Å². The third-order valence-corrected chi connectivity index (χ3v) is 2.70. The van der Waals surface area contributed by atoms with E-state index in [2.05, 4.69) is 15.5 Å². The third-order valence-electron chi connectivity index (χ3n) is 2.04. The molecule has 88 valence electrons. The third kappa shape index (κ3) is 2.76. The first-order chi connectivity index (χ1) is 8.20. The fourth-order valence-electron chi connectivity index (χ4n) is 1.21. The summed E-state index contributed by atoms with van der Waals surface area (Å²) in [5.41, 5.74) is 3.07. The molecule has 1 aromatic carbocycles. The summed E-state index contributed by atoms with van der Waals surface area (Å²) in [6, 6.07) is 5.26. The lowest BCUT2D eigenvalue weighted by Gasteiger charge is -1.99. The number of hydrogen-bond acceptors (Lipinski definition) is 4. The van der Waals surface area contributed by atoms with Crippen molar-refractivity contribution in [3.05, 3.63) is 46.3 Å². The molecule has 0 atom stereocenters. The van der Waals surface area contributed by atoms with E-state index in [1.807, 2.05) is 0 Å². The number of nitrogens with two attached hydrogens (primary N) is 1. The first-order valence-corrected chi connectivity index (χ1v) is 5.45. The first-order valence-electron chi connectivity index (χ1n) is 4.69. The molecule has 0 fully saturated rings. The van der Waals surface area contributed by atoms with Crippen LogP contribution < -0.4 is 11.3 Å². The molecule has 3 N–H and O–H groups in total. The summed E-state index contributed by atoms with van der Waals surface area (Å²) in [5.74, 6) is 5.72. The zero-order valence-corrected chi connectivity index (χ0v) is 10.2. The van der Waals surface area contributed by atoms with E-state index in [-0.39, 0.29) is 0 Å². The minimum atomic E-state index is 0.521. The number of nitrogen functional groups attached to an aromatic ring is 1. The molecule has 0 amide bonds. The average molecular weight is 270 g/mol. The maximum atomic E-state index is 6.00. The molecule has 0 bridgehead atoms. The summed E-state index contributed by atoms with van der Waals surface area (Å²) in [4.78, 5) is 3.94. The van der Waals surface area contributed by atoms with E-state index in [1.54, 1.807) is 30.6 Å². The zero-order chi connectivity index (χ0) is 12.3. The van der Waals surface area contributed by atoms with Crippen molar-refractivity contribution >= 4 is 35.2 Å². The minimum absolute atomic E-state index is 0.521. The van der Waals surface area contributed by atoms with E-state index in [0.29, 0.717) is 21.4 Å². The van der Waals surface area contributed by atoms with Gasteiger partial charge in [0.1, 0.15) is 6.33 Å². The molecule has 0 unspecified atom stereocenters. The zero-order valence-electron chi connectivity index (χ0n) is 8.64. The number of imidazole rings is 1. The number of nitrogens with one attached hydrogen (secondary N) is 1. The Labute approximate surface area is 108 Å². The Morgan fingerprint density at radius 3 is 2.65 bits per heavy atom. The van der Waals surface area contributed by atoms with Crippen LogP contribution in [0.15, 0.2) is 35.8 Å². The molecule has 0 saturated carbocycles. The summed E-state index contributed by atoms with van der Waals surface area (Å²) in [5, 5.41) is 5.21. The van der Waals surface area contributed by atoms with E-state index < -0.39 is 0 Å². The van der Waals surface area contributed by atoms with Crippen LogP contribution in [0, 0.1) is 0 Å². The molecule has 2 aromatic rings. The molecular weight excluding hydrogens is 261 g/mol. The van der Waals surface area contributed by atoms with Crippen LogP contribution in [0.5, 0.6) is 0 Å². The van der Waals surface area contributed by atoms with E-state index >= 15 is 0 Å². The van der Waals surface area contributed by atoms with Gasteiger partial charge in [0.25, 0.3) is 0 Å². The summed E-state index contributed by atoms with van der Waals surface area (Å²) in [6.07, 6.45) is 4.70. The van der Waals surface area contributed by atoms with E-state index in [9.17, 15) is 0 Å². The highest BCUT2D eigenvalue weighted by Gasteiger charge is 2.02. The van der Waals surface area contributed by atoms with Crippen molar-refractivity contribution in [2.75, 3.05) is 5.43 Å². The first kappa shape index (κ1) is 11.9. The van der Waals surface area contributed by atoms with Crippen molar-refractivity contribution in [2.45, 2.75) is 0 Å². The van der Waals surface area contributed by atoms with Crippen LogP contribution >= 0.6 is 23.2 Å². The van der Waals surface area contributed by atoms with Crippen molar-refractivity contribution in [2.24, 2.45) is 10.9 Å². The van der Waals surface area contributed by atoms with Crippen LogP contribution in [-0.2, 0) is 0 Å². The molecule has 1 heterocycles. The Morgan fingerprint density at radius 2 is 2.06 bits per heavy atom. The molecule has 0 aliphatic rings. The van der Waals surface area contributed by atoms with Crippen LogP contribution in [0.2, 0.25) is 10.0 Å². The number of halogens is 2. The fourth-order valence-corrected chi connectivity index (χ4v) is 1.70. The van der Waals surface area contributed by atoms with Gasteiger partial charge >= 0.3 is 0 Å². The Kier molecular flexibility index (Phi) is 3.63. The van der Waals surface area contributed by atoms with Crippen LogP contribution in [0.1, 0.15) is 5.56 Å². The van der Waals surface area contributed by atoms with Gasteiger partial charge in [-0.25, -0.2) is 15.5 Å². The normalized spacial score (nSPS) is 11.0. The van der Waals surface area contributed by atoms with Gasteiger partial charge in [-0.2, -0.15) is 5.10 Å². The molecular formula is C10H9Cl2N5. The molecule has 0 radical (unpaired) electrons. The molecule has 0 aliphatic carbocycles. The van der Waals surface area contributed by atoms with E-state index in [0.717, 1.165) is 0 Å². The van der Waals surface area contributed by atoms with Crippen molar-refractivity contribution < 1.29 is 0 Å². The molecule has 5 nitrogen and oxygen atoms in total. The molecule has 0 saturated heterocycles. The van der Waals surface area contributed by atoms with Gasteiger partial charge in [0.05, 0.1) is 22.5 Å². The highest BCUT2D eigenvalue weighted by molar-refractivity contribution is 6.38. The number of aromatic nitrogens is 2. The smallest absolute Gasteiger partial charge is 0.160 e. The van der Waals surface area contributed by atoms with Gasteiger partial charge in [0.2, 0.25) is 0 Å². The fraction of sp³-hybridized carbons (Fsp3) is 0. The van der Waals surface area contributed by atoms with Gasteiger partial charge in [0, 0.05) is 5.56 Å². The van der Waals surface area contributed by atoms with Gasteiger partial charge in [-0.3, -0.25) is 0 Å².